The second kappa shape index (κ2) is 8.58. The molecule has 2 heterocycles. The molecule has 0 radical (unpaired) electrons. The number of benzene rings is 1. The Bertz CT molecular complexity index is 735. The van der Waals surface area contributed by atoms with E-state index < -0.39 is 10.0 Å². The van der Waals surface area contributed by atoms with E-state index in [-0.39, 0.29) is 6.09 Å². The van der Waals surface area contributed by atoms with Crippen LogP contribution in [0.1, 0.15) is 25.3 Å². The van der Waals surface area contributed by atoms with Gasteiger partial charge in [-0.3, -0.25) is 0 Å². The molecule has 0 aromatic heterocycles. The first-order valence-corrected chi connectivity index (χ1v) is 11.2. The third-order valence-corrected chi connectivity index (χ3v) is 7.53. The number of nitrogens with one attached hydrogen (secondary N) is 1. The average molecular weight is 397 g/mol. The SMILES string of the molecule is CCOC(=O)N1CCC([NH+]2CCN(S(=O)(=O)c3ccc(C)cc3)CC2)CC1. The van der Waals surface area contributed by atoms with Crippen molar-refractivity contribution in [3.8, 4) is 0 Å². The molecule has 2 aliphatic heterocycles. The summed E-state index contributed by atoms with van der Waals surface area (Å²) in [7, 11) is -3.41. The van der Waals surface area contributed by atoms with Gasteiger partial charge in [0.15, 0.2) is 0 Å². The van der Waals surface area contributed by atoms with Gasteiger partial charge in [-0.05, 0) is 26.0 Å². The Balaban J connectivity index is 1.52. The predicted octanol–water partition coefficient (Wildman–Crippen LogP) is 0.505. The van der Waals surface area contributed by atoms with Gasteiger partial charge in [-0.1, -0.05) is 17.7 Å². The predicted molar refractivity (Wildman–Crippen MR) is 102 cm³/mol. The van der Waals surface area contributed by atoms with Gasteiger partial charge in [0.25, 0.3) is 0 Å². The molecule has 2 fully saturated rings. The van der Waals surface area contributed by atoms with Crippen molar-refractivity contribution in [3.63, 3.8) is 0 Å². The number of piperazine rings is 1. The largest absolute Gasteiger partial charge is 0.450 e. The van der Waals surface area contributed by atoms with E-state index in [9.17, 15) is 13.2 Å². The number of piperidine rings is 1. The van der Waals surface area contributed by atoms with Gasteiger partial charge in [-0.2, -0.15) is 4.31 Å². The van der Waals surface area contributed by atoms with Crippen molar-refractivity contribution < 1.29 is 22.8 Å². The van der Waals surface area contributed by atoms with Crippen LogP contribution < -0.4 is 4.90 Å². The van der Waals surface area contributed by atoms with Gasteiger partial charge in [0.1, 0.15) is 0 Å². The number of sulfonamides is 1. The summed E-state index contributed by atoms with van der Waals surface area (Å²) in [6, 6.07) is 7.54. The van der Waals surface area contributed by atoms with E-state index >= 15 is 0 Å². The summed E-state index contributed by atoms with van der Waals surface area (Å²) < 4.78 is 32.3. The van der Waals surface area contributed by atoms with Gasteiger partial charge in [-0.15, -0.1) is 0 Å². The van der Waals surface area contributed by atoms with Gasteiger partial charge in [0.2, 0.25) is 10.0 Å². The Hall–Kier alpha value is -1.64. The smallest absolute Gasteiger partial charge is 0.409 e. The number of hydrogen-bond acceptors (Lipinski definition) is 4. The van der Waals surface area contributed by atoms with E-state index in [1.807, 2.05) is 26.0 Å². The van der Waals surface area contributed by atoms with Gasteiger partial charge in [-0.25, -0.2) is 13.2 Å². The maximum absolute atomic E-state index is 12.8. The van der Waals surface area contributed by atoms with Gasteiger partial charge < -0.3 is 14.5 Å². The molecule has 0 bridgehead atoms. The molecule has 8 heteroatoms. The molecule has 1 N–H and O–H groups in total. The van der Waals surface area contributed by atoms with Crippen LogP contribution in [0, 0.1) is 6.92 Å². The molecule has 7 nitrogen and oxygen atoms in total. The zero-order valence-corrected chi connectivity index (χ0v) is 17.0. The highest BCUT2D eigenvalue weighted by Crippen LogP contribution is 2.17. The number of amides is 1. The second-order valence-corrected chi connectivity index (χ2v) is 9.27. The fraction of sp³-hybridized carbons (Fsp3) is 0.632. The summed E-state index contributed by atoms with van der Waals surface area (Å²) in [6.45, 7) is 8.33. The summed E-state index contributed by atoms with van der Waals surface area (Å²) in [4.78, 5) is 15.4. The Morgan fingerprint density at radius 1 is 1.11 bits per heavy atom. The first kappa shape index (κ1) is 20.1. The highest BCUT2D eigenvalue weighted by molar-refractivity contribution is 7.89. The molecule has 1 amide bonds. The fourth-order valence-electron chi connectivity index (χ4n) is 3.97. The monoisotopic (exact) mass is 396 g/mol. The zero-order chi connectivity index (χ0) is 19.4. The molecular formula is C19H30N3O4S+. The van der Waals surface area contributed by atoms with Crippen LogP contribution in [-0.4, -0.2) is 75.6 Å². The number of rotatable bonds is 4. The van der Waals surface area contributed by atoms with Crippen molar-refractivity contribution in [1.82, 2.24) is 9.21 Å². The number of nitrogens with zero attached hydrogens (tertiary/aromatic N) is 2. The molecule has 0 spiro atoms. The minimum atomic E-state index is -3.41. The van der Waals surface area contributed by atoms with E-state index in [2.05, 4.69) is 0 Å². The lowest BCUT2D eigenvalue weighted by Crippen LogP contribution is -3.18. The highest BCUT2D eigenvalue weighted by Gasteiger charge is 2.35. The van der Waals surface area contributed by atoms with Crippen molar-refractivity contribution >= 4 is 16.1 Å². The lowest BCUT2D eigenvalue weighted by atomic mass is 10.0. The Morgan fingerprint density at radius 3 is 2.26 bits per heavy atom. The van der Waals surface area contributed by atoms with Crippen LogP contribution in [0.3, 0.4) is 0 Å². The number of carbonyl (C=O) groups is 1. The third-order valence-electron chi connectivity index (χ3n) is 5.62. The van der Waals surface area contributed by atoms with E-state index in [1.54, 1.807) is 21.3 Å². The van der Waals surface area contributed by atoms with Crippen molar-refractivity contribution in [2.45, 2.75) is 37.6 Å². The van der Waals surface area contributed by atoms with Crippen LogP contribution in [0.4, 0.5) is 4.79 Å². The molecule has 150 valence electrons. The summed E-state index contributed by atoms with van der Waals surface area (Å²) in [5.41, 5.74) is 1.05. The quantitative estimate of drug-likeness (QED) is 0.805. The maximum atomic E-state index is 12.8. The van der Waals surface area contributed by atoms with Crippen molar-refractivity contribution in [1.29, 1.82) is 0 Å². The lowest BCUT2D eigenvalue weighted by molar-refractivity contribution is -0.930. The molecule has 0 unspecified atom stereocenters. The number of hydrogen-bond donors (Lipinski definition) is 1. The first-order chi connectivity index (χ1) is 12.9. The van der Waals surface area contributed by atoms with E-state index in [0.29, 0.717) is 30.6 Å². The topological polar surface area (TPSA) is 71.4 Å². The first-order valence-electron chi connectivity index (χ1n) is 9.75. The number of carbonyl (C=O) groups excluding carboxylic acids is 1. The average Bonchev–Trinajstić information content (AvgIpc) is 2.69. The fourth-order valence-corrected chi connectivity index (χ4v) is 5.41. The molecule has 2 saturated heterocycles. The number of quaternary nitrogens is 1. The standard InChI is InChI=1S/C19H29N3O4S/c1-3-26-19(23)21-10-8-17(9-11-21)20-12-14-22(15-13-20)27(24,25)18-6-4-16(2)5-7-18/h4-7,17H,3,8-15H2,1-2H3/p+1. The van der Waals surface area contributed by atoms with Crippen LogP contribution in [0.5, 0.6) is 0 Å². The van der Waals surface area contributed by atoms with Crippen LogP contribution in [0.2, 0.25) is 0 Å². The molecule has 0 aliphatic carbocycles. The van der Waals surface area contributed by atoms with Crippen molar-refractivity contribution in [2.24, 2.45) is 0 Å². The Morgan fingerprint density at radius 2 is 1.70 bits per heavy atom. The number of ether oxygens (including phenoxy) is 1. The Labute approximate surface area is 161 Å². The molecule has 1 aromatic rings. The van der Waals surface area contributed by atoms with Crippen molar-refractivity contribution in [3.05, 3.63) is 29.8 Å². The highest BCUT2D eigenvalue weighted by atomic mass is 32.2. The summed E-state index contributed by atoms with van der Waals surface area (Å²) in [5, 5.41) is 0. The molecule has 1 aromatic carbocycles. The lowest BCUT2D eigenvalue weighted by Gasteiger charge is -2.39. The van der Waals surface area contributed by atoms with E-state index in [0.717, 1.165) is 44.6 Å². The van der Waals surface area contributed by atoms with E-state index in [1.165, 1.54) is 4.90 Å². The number of likely N-dealkylation sites (tertiary alicyclic amines) is 1. The second-order valence-electron chi connectivity index (χ2n) is 7.34. The molecule has 3 rings (SSSR count). The van der Waals surface area contributed by atoms with Crippen molar-refractivity contribution in [2.75, 3.05) is 45.9 Å². The van der Waals surface area contributed by atoms with Crippen LogP contribution in [0.25, 0.3) is 0 Å². The van der Waals surface area contributed by atoms with Gasteiger partial charge in [0.05, 0.1) is 43.7 Å². The third kappa shape index (κ3) is 4.62. The summed E-state index contributed by atoms with van der Waals surface area (Å²) >= 11 is 0. The molecule has 2 aliphatic rings. The maximum Gasteiger partial charge on any atom is 0.409 e. The number of aryl methyl sites for hydroxylation is 1. The minimum Gasteiger partial charge on any atom is -0.450 e. The van der Waals surface area contributed by atoms with Gasteiger partial charge >= 0.3 is 6.09 Å². The van der Waals surface area contributed by atoms with Crippen LogP contribution in [-0.2, 0) is 14.8 Å². The molecule has 0 saturated carbocycles. The minimum absolute atomic E-state index is 0.222. The van der Waals surface area contributed by atoms with Crippen LogP contribution in [0.15, 0.2) is 29.2 Å². The van der Waals surface area contributed by atoms with E-state index in [4.69, 9.17) is 4.74 Å². The summed E-state index contributed by atoms with van der Waals surface area (Å²) in [6.07, 6.45) is 1.66. The summed E-state index contributed by atoms with van der Waals surface area (Å²) in [5.74, 6) is 0. The molecular weight excluding hydrogens is 366 g/mol. The zero-order valence-electron chi connectivity index (χ0n) is 16.2. The Kier molecular flexibility index (Phi) is 6.39. The van der Waals surface area contributed by atoms with Crippen LogP contribution >= 0.6 is 0 Å². The molecule has 27 heavy (non-hydrogen) atoms. The van der Waals surface area contributed by atoms with Gasteiger partial charge in [0, 0.05) is 25.9 Å². The molecule has 0 atom stereocenters. The normalized spacial score (nSPS) is 20.6.